The fourth-order valence-electron chi connectivity index (χ4n) is 6.65. The second-order valence-corrected chi connectivity index (χ2v) is 13.1. The average Bonchev–Trinajstić information content (AvgIpc) is 3.27. The lowest BCUT2D eigenvalue weighted by molar-refractivity contribution is -0.128. The Hall–Kier alpha value is -2.36. The lowest BCUT2D eigenvalue weighted by atomic mass is 9.61. The van der Waals surface area contributed by atoms with Gasteiger partial charge in [0.2, 0.25) is 11.8 Å². The highest BCUT2D eigenvalue weighted by atomic mass is 35.5. The summed E-state index contributed by atoms with van der Waals surface area (Å²) in [6, 6.07) is 1.00. The van der Waals surface area contributed by atoms with Crippen molar-refractivity contribution >= 4 is 29.1 Å². The number of nitrogens with one attached hydrogen (secondary N) is 3. The molecule has 1 aliphatic carbocycles. The SMILES string of the molecule is CC(/C=C\C=C(\F)CF)[C@H]1[C@H](C(=O)N[C@H]2C[C@@](C)(O)C2)N[C@H](CC(C)(C)C)[C@]12C(=O)Nc1cc(Cl)c(F)cc12. The van der Waals surface area contributed by atoms with Crippen LogP contribution >= 0.6 is 11.6 Å². The van der Waals surface area contributed by atoms with Crippen molar-refractivity contribution in [3.8, 4) is 0 Å². The van der Waals surface area contributed by atoms with Crippen molar-refractivity contribution in [3.05, 3.63) is 52.6 Å². The monoisotopic (exact) mass is 567 g/mol. The fourth-order valence-corrected chi connectivity index (χ4v) is 6.81. The van der Waals surface area contributed by atoms with E-state index in [1.807, 2.05) is 20.8 Å². The predicted octanol–water partition coefficient (Wildman–Crippen LogP) is 5.11. The van der Waals surface area contributed by atoms with Crippen LogP contribution in [0.5, 0.6) is 0 Å². The number of rotatable bonds is 7. The van der Waals surface area contributed by atoms with Crippen molar-refractivity contribution in [2.24, 2.45) is 17.3 Å². The molecule has 5 atom stereocenters. The van der Waals surface area contributed by atoms with Gasteiger partial charge in [-0.05, 0) is 61.3 Å². The molecule has 2 heterocycles. The van der Waals surface area contributed by atoms with Crippen molar-refractivity contribution in [1.29, 1.82) is 0 Å². The summed E-state index contributed by atoms with van der Waals surface area (Å²) in [6.07, 6.45) is 5.31. The van der Waals surface area contributed by atoms with Gasteiger partial charge in [-0.15, -0.1) is 0 Å². The van der Waals surface area contributed by atoms with Crippen LogP contribution in [-0.2, 0) is 15.0 Å². The smallest absolute Gasteiger partial charge is 0.237 e. The Balaban J connectivity index is 1.84. The number of benzene rings is 1. The van der Waals surface area contributed by atoms with Crippen LogP contribution in [0, 0.1) is 23.1 Å². The summed E-state index contributed by atoms with van der Waals surface area (Å²) in [5, 5.41) is 19.3. The largest absolute Gasteiger partial charge is 0.390 e. The maximum atomic E-state index is 14.9. The number of hydrogen-bond donors (Lipinski definition) is 4. The number of amides is 2. The molecule has 1 saturated heterocycles. The van der Waals surface area contributed by atoms with E-state index in [1.54, 1.807) is 19.9 Å². The van der Waals surface area contributed by atoms with Crippen LogP contribution in [-0.4, -0.2) is 47.3 Å². The van der Waals surface area contributed by atoms with Gasteiger partial charge in [0, 0.05) is 23.7 Å². The summed E-state index contributed by atoms with van der Waals surface area (Å²) in [7, 11) is 0. The van der Waals surface area contributed by atoms with Gasteiger partial charge in [0.15, 0.2) is 0 Å². The highest BCUT2D eigenvalue weighted by molar-refractivity contribution is 6.31. The number of carbonyl (C=O) groups excluding carboxylic acids is 2. The molecule has 10 heteroatoms. The van der Waals surface area contributed by atoms with Crippen LogP contribution < -0.4 is 16.0 Å². The second-order valence-electron chi connectivity index (χ2n) is 12.7. The number of anilines is 1. The Morgan fingerprint density at radius 1 is 1.33 bits per heavy atom. The maximum Gasteiger partial charge on any atom is 0.237 e. The highest BCUT2D eigenvalue weighted by Crippen LogP contribution is 2.55. The first-order chi connectivity index (χ1) is 18.1. The fraction of sp³-hybridized carbons (Fsp3) is 0.586. The molecule has 4 N–H and O–H groups in total. The van der Waals surface area contributed by atoms with Crippen LogP contribution in [0.2, 0.25) is 5.02 Å². The van der Waals surface area contributed by atoms with E-state index in [9.17, 15) is 27.9 Å². The van der Waals surface area contributed by atoms with Gasteiger partial charge in [0.1, 0.15) is 18.3 Å². The molecule has 6 nitrogen and oxygen atoms in total. The van der Waals surface area contributed by atoms with E-state index in [0.717, 1.165) is 6.08 Å². The normalized spacial score (nSPS) is 33.3. The molecule has 2 fully saturated rings. The predicted molar refractivity (Wildman–Crippen MR) is 145 cm³/mol. The minimum Gasteiger partial charge on any atom is -0.390 e. The van der Waals surface area contributed by atoms with Gasteiger partial charge in [0.05, 0.1) is 22.1 Å². The zero-order valence-corrected chi connectivity index (χ0v) is 23.6. The van der Waals surface area contributed by atoms with Crippen LogP contribution in [0.15, 0.2) is 36.2 Å². The Kier molecular flexibility index (Phi) is 8.02. The Morgan fingerprint density at radius 3 is 2.59 bits per heavy atom. The number of halogens is 4. The molecule has 2 aliphatic heterocycles. The first-order valence-corrected chi connectivity index (χ1v) is 13.7. The van der Waals surface area contributed by atoms with E-state index >= 15 is 0 Å². The quantitative estimate of drug-likeness (QED) is 0.345. The van der Waals surface area contributed by atoms with Gasteiger partial charge in [0.25, 0.3) is 0 Å². The number of hydrogen-bond acceptors (Lipinski definition) is 4. The number of alkyl halides is 1. The standard InChI is InChI=1S/C29H37ClF3N3O3/c1-15(7-6-8-16(32)14-31)23-24(25(37)34-17-11-28(5,39)12-17)36-22(13-27(2,3)4)29(23)18-9-20(33)19(30)10-21(18)35-26(29)38/h6-10,15,17,22-24,36,39H,11-14H2,1-5H3,(H,34,37)(H,35,38)/b7-6-,16-8+/t15?,17-,22-,23+,24-,28+,29+/m1/s1. The summed E-state index contributed by atoms with van der Waals surface area (Å²) < 4.78 is 41.1. The van der Waals surface area contributed by atoms with Gasteiger partial charge in [-0.1, -0.05) is 51.4 Å². The highest BCUT2D eigenvalue weighted by Gasteiger charge is 2.66. The molecule has 0 radical (unpaired) electrons. The Morgan fingerprint density at radius 2 is 2.00 bits per heavy atom. The van der Waals surface area contributed by atoms with Crippen molar-refractivity contribution < 1.29 is 27.9 Å². The van der Waals surface area contributed by atoms with Crippen molar-refractivity contribution in [2.45, 2.75) is 83.0 Å². The third kappa shape index (κ3) is 5.63. The number of fused-ring (bicyclic) bond motifs is 2. The molecule has 1 unspecified atom stereocenters. The second kappa shape index (κ2) is 10.6. The minimum atomic E-state index is -1.35. The summed E-state index contributed by atoms with van der Waals surface area (Å²) >= 11 is 6.06. The molecule has 2 amide bonds. The van der Waals surface area contributed by atoms with Gasteiger partial charge in [-0.2, -0.15) is 0 Å². The van der Waals surface area contributed by atoms with E-state index < -0.39 is 53.3 Å². The zero-order chi connectivity index (χ0) is 28.9. The molecule has 1 spiro atoms. The third-order valence-corrected chi connectivity index (χ3v) is 8.44. The molecule has 0 bridgehead atoms. The molecule has 214 valence electrons. The summed E-state index contributed by atoms with van der Waals surface area (Å²) in [6.45, 7) is 8.32. The van der Waals surface area contributed by atoms with Gasteiger partial charge in [-0.25, -0.2) is 13.2 Å². The molecule has 4 rings (SSSR count). The Labute approximate surface area is 232 Å². The van der Waals surface area contributed by atoms with E-state index in [1.165, 1.54) is 18.2 Å². The summed E-state index contributed by atoms with van der Waals surface area (Å²) in [5.74, 6) is -3.56. The molecule has 1 aromatic carbocycles. The van der Waals surface area contributed by atoms with E-state index in [-0.39, 0.29) is 28.3 Å². The number of carbonyl (C=O) groups is 2. The van der Waals surface area contributed by atoms with Crippen molar-refractivity contribution in [1.82, 2.24) is 10.6 Å². The van der Waals surface area contributed by atoms with E-state index in [2.05, 4.69) is 16.0 Å². The van der Waals surface area contributed by atoms with Crippen molar-refractivity contribution in [2.75, 3.05) is 12.0 Å². The van der Waals surface area contributed by atoms with Gasteiger partial charge < -0.3 is 21.1 Å². The Bertz CT molecular complexity index is 1200. The molecular weight excluding hydrogens is 531 g/mol. The molecule has 0 aromatic heterocycles. The number of aliphatic hydroxyl groups is 1. The van der Waals surface area contributed by atoms with E-state index in [4.69, 9.17) is 11.6 Å². The molecule has 39 heavy (non-hydrogen) atoms. The molecule has 3 aliphatic rings. The lowest BCUT2D eigenvalue weighted by Crippen LogP contribution is -2.58. The van der Waals surface area contributed by atoms with Crippen LogP contribution in [0.1, 0.15) is 59.4 Å². The van der Waals surface area contributed by atoms with Crippen LogP contribution in [0.4, 0.5) is 18.9 Å². The topological polar surface area (TPSA) is 90.5 Å². The average molecular weight is 568 g/mol. The van der Waals surface area contributed by atoms with Gasteiger partial charge >= 0.3 is 0 Å². The molecule has 1 saturated carbocycles. The van der Waals surface area contributed by atoms with Gasteiger partial charge in [-0.3, -0.25) is 9.59 Å². The minimum absolute atomic E-state index is 0.132. The third-order valence-electron chi connectivity index (χ3n) is 8.15. The lowest BCUT2D eigenvalue weighted by Gasteiger charge is -2.42. The summed E-state index contributed by atoms with van der Waals surface area (Å²) in [4.78, 5) is 27.8. The number of allylic oxidation sites excluding steroid dienone is 4. The first-order valence-electron chi connectivity index (χ1n) is 13.3. The molecular formula is C29H37ClF3N3O3. The first kappa shape index (κ1) is 29.6. The molecule has 1 aromatic rings. The van der Waals surface area contributed by atoms with Crippen LogP contribution in [0.3, 0.4) is 0 Å². The van der Waals surface area contributed by atoms with Crippen LogP contribution in [0.25, 0.3) is 0 Å². The summed E-state index contributed by atoms with van der Waals surface area (Å²) in [5.41, 5.74) is -1.68. The maximum absolute atomic E-state index is 14.9. The van der Waals surface area contributed by atoms with E-state index in [0.29, 0.717) is 30.5 Å². The van der Waals surface area contributed by atoms with Crippen molar-refractivity contribution in [3.63, 3.8) is 0 Å². The zero-order valence-electron chi connectivity index (χ0n) is 22.9.